The van der Waals surface area contributed by atoms with Gasteiger partial charge in [-0.05, 0) is 42.0 Å². The van der Waals surface area contributed by atoms with Crippen molar-refractivity contribution >= 4 is 23.2 Å². The molecule has 9 nitrogen and oxygen atoms in total. The summed E-state index contributed by atoms with van der Waals surface area (Å²) in [5.41, 5.74) is 2.00. The molecule has 2 aliphatic heterocycles. The standard InChI is InChI=1S/C30H31F5N4O5/c31-29(32)10-8-18(9-11-29)24(38-28(41)43-14-17-4-2-1-3-5-17)26-36-21-12-19(6-7-22(21)44-26)25(20-15-42-16-20)39-13-23(30(33,34)35)37-27(39)40/h1-7,12,18,20,23-25H,8-11,13-16H2,(H,37,40)(H,38,41)/t23-,24+,25+/m0/s1. The molecule has 3 atom stereocenters. The van der Waals surface area contributed by atoms with Crippen LogP contribution in [0.5, 0.6) is 0 Å². The van der Waals surface area contributed by atoms with Crippen LogP contribution in [0.1, 0.15) is 54.8 Å². The summed E-state index contributed by atoms with van der Waals surface area (Å²) in [6.45, 7) is 0.00681. The second-order valence-electron chi connectivity index (χ2n) is 11.6. The monoisotopic (exact) mass is 622 g/mol. The van der Waals surface area contributed by atoms with Crippen LogP contribution in [0.15, 0.2) is 52.9 Å². The van der Waals surface area contributed by atoms with Crippen LogP contribution in [0.3, 0.4) is 0 Å². The lowest BCUT2D eigenvalue weighted by molar-refractivity contribution is -0.151. The minimum Gasteiger partial charge on any atom is -0.445 e. The van der Waals surface area contributed by atoms with E-state index in [1.54, 1.807) is 30.3 Å². The van der Waals surface area contributed by atoms with Gasteiger partial charge in [0.2, 0.25) is 11.8 Å². The highest BCUT2D eigenvalue weighted by molar-refractivity contribution is 5.79. The van der Waals surface area contributed by atoms with Gasteiger partial charge in [0, 0.05) is 18.8 Å². The van der Waals surface area contributed by atoms with Gasteiger partial charge in [-0.1, -0.05) is 36.4 Å². The highest BCUT2D eigenvalue weighted by atomic mass is 19.4. The number of oxazole rings is 1. The second-order valence-corrected chi connectivity index (χ2v) is 11.6. The van der Waals surface area contributed by atoms with Crippen molar-refractivity contribution in [2.24, 2.45) is 11.8 Å². The van der Waals surface area contributed by atoms with Gasteiger partial charge < -0.3 is 29.4 Å². The molecular formula is C30H31F5N4O5. The number of alkyl halides is 5. The molecular weight excluding hydrogens is 591 g/mol. The predicted molar refractivity (Wildman–Crippen MR) is 146 cm³/mol. The lowest BCUT2D eigenvalue weighted by atomic mass is 9.82. The summed E-state index contributed by atoms with van der Waals surface area (Å²) in [7, 11) is 0. The van der Waals surface area contributed by atoms with E-state index in [4.69, 9.17) is 13.9 Å². The maximum atomic E-state index is 14.0. The molecule has 236 valence electrons. The van der Waals surface area contributed by atoms with Gasteiger partial charge in [0.1, 0.15) is 24.2 Å². The van der Waals surface area contributed by atoms with Crippen LogP contribution in [0, 0.1) is 11.8 Å². The molecule has 3 fully saturated rings. The fourth-order valence-corrected chi connectivity index (χ4v) is 6.07. The zero-order valence-corrected chi connectivity index (χ0v) is 23.5. The Hall–Kier alpha value is -3.94. The normalized spacial score (nSPS) is 22.3. The Kier molecular flexibility index (Phi) is 8.12. The first-order valence-corrected chi connectivity index (χ1v) is 14.4. The number of urea groups is 1. The number of carbonyl (C=O) groups excluding carboxylic acids is 2. The smallest absolute Gasteiger partial charge is 0.410 e. The molecule has 0 unspecified atom stereocenters. The number of benzene rings is 2. The first kappa shape index (κ1) is 30.1. The number of amides is 3. The largest absolute Gasteiger partial charge is 0.445 e. The van der Waals surface area contributed by atoms with Gasteiger partial charge >= 0.3 is 18.3 Å². The molecule has 3 heterocycles. The van der Waals surface area contributed by atoms with Crippen molar-refractivity contribution in [1.29, 1.82) is 0 Å². The molecule has 44 heavy (non-hydrogen) atoms. The maximum absolute atomic E-state index is 14.0. The lowest BCUT2D eigenvalue weighted by Gasteiger charge is -2.39. The molecule has 1 saturated carbocycles. The van der Waals surface area contributed by atoms with Crippen molar-refractivity contribution in [2.75, 3.05) is 19.8 Å². The fourth-order valence-electron chi connectivity index (χ4n) is 6.07. The minimum atomic E-state index is -4.59. The predicted octanol–water partition coefficient (Wildman–Crippen LogP) is 6.26. The Morgan fingerprint density at radius 1 is 1.11 bits per heavy atom. The van der Waals surface area contributed by atoms with Gasteiger partial charge in [0.05, 0.1) is 25.8 Å². The van der Waals surface area contributed by atoms with Gasteiger partial charge in [0.25, 0.3) is 0 Å². The number of hydrogen-bond acceptors (Lipinski definition) is 6. The molecule has 0 spiro atoms. The Morgan fingerprint density at radius 2 is 1.84 bits per heavy atom. The summed E-state index contributed by atoms with van der Waals surface area (Å²) < 4.78 is 84.9. The average Bonchev–Trinajstić information content (AvgIpc) is 3.56. The molecule has 3 aromatic rings. The third-order valence-electron chi connectivity index (χ3n) is 8.53. The van der Waals surface area contributed by atoms with Crippen LogP contribution in [0.2, 0.25) is 0 Å². The minimum absolute atomic E-state index is 0.00456. The summed E-state index contributed by atoms with van der Waals surface area (Å²) in [6, 6.07) is 9.56. The van der Waals surface area contributed by atoms with Crippen LogP contribution >= 0.6 is 0 Å². The lowest BCUT2D eigenvalue weighted by Crippen LogP contribution is -2.44. The SMILES string of the molecule is O=C(N[C@@H](c1nc2cc([C@H](C3COC3)N3C[C@@H](C(F)(F)F)NC3=O)ccc2o1)C1CCC(F)(F)CC1)OCc1ccccc1. The van der Waals surface area contributed by atoms with E-state index in [0.29, 0.717) is 16.7 Å². The van der Waals surface area contributed by atoms with Crippen molar-refractivity contribution in [3.8, 4) is 0 Å². The number of alkyl carbamates (subject to hydrolysis) is 1. The summed E-state index contributed by atoms with van der Waals surface area (Å²) in [5.74, 6) is -3.32. The van der Waals surface area contributed by atoms with E-state index >= 15 is 0 Å². The summed E-state index contributed by atoms with van der Waals surface area (Å²) in [4.78, 5) is 31.2. The third-order valence-corrected chi connectivity index (χ3v) is 8.53. The number of halogens is 5. The topological polar surface area (TPSA) is 106 Å². The van der Waals surface area contributed by atoms with Crippen molar-refractivity contribution in [1.82, 2.24) is 20.5 Å². The van der Waals surface area contributed by atoms with E-state index in [0.717, 1.165) is 5.56 Å². The van der Waals surface area contributed by atoms with E-state index in [1.165, 1.54) is 4.90 Å². The van der Waals surface area contributed by atoms with Crippen LogP contribution < -0.4 is 10.6 Å². The molecule has 6 rings (SSSR count). The summed E-state index contributed by atoms with van der Waals surface area (Å²) in [5, 5.41) is 4.77. The Bertz CT molecular complexity index is 1490. The van der Waals surface area contributed by atoms with E-state index in [1.807, 2.05) is 23.5 Å². The van der Waals surface area contributed by atoms with Gasteiger partial charge in [-0.3, -0.25) is 0 Å². The van der Waals surface area contributed by atoms with E-state index in [2.05, 4.69) is 10.3 Å². The van der Waals surface area contributed by atoms with Gasteiger partial charge in [-0.2, -0.15) is 13.2 Å². The van der Waals surface area contributed by atoms with Gasteiger partial charge in [-0.15, -0.1) is 0 Å². The highest BCUT2D eigenvalue weighted by Crippen LogP contribution is 2.43. The molecule has 0 bridgehead atoms. The Labute approximate surface area is 249 Å². The second kappa shape index (κ2) is 11.9. The summed E-state index contributed by atoms with van der Waals surface area (Å²) >= 11 is 0. The quantitative estimate of drug-likeness (QED) is 0.287. The molecule has 3 aliphatic rings. The average molecular weight is 623 g/mol. The molecule has 14 heteroatoms. The summed E-state index contributed by atoms with van der Waals surface area (Å²) in [6.07, 6.45) is -5.81. The van der Waals surface area contributed by atoms with E-state index < -0.39 is 54.8 Å². The number of hydrogen-bond donors (Lipinski definition) is 2. The van der Waals surface area contributed by atoms with Crippen molar-refractivity contribution in [2.45, 2.75) is 62.5 Å². The molecule has 2 saturated heterocycles. The van der Waals surface area contributed by atoms with Crippen molar-refractivity contribution in [3.63, 3.8) is 0 Å². The zero-order valence-electron chi connectivity index (χ0n) is 23.5. The van der Waals surface area contributed by atoms with E-state index in [-0.39, 0.29) is 57.3 Å². The van der Waals surface area contributed by atoms with Crippen LogP contribution in [-0.4, -0.2) is 59.9 Å². The number of aromatic nitrogens is 1. The molecule has 1 aromatic heterocycles. The first-order valence-electron chi connectivity index (χ1n) is 14.4. The fraction of sp³-hybridized carbons (Fsp3) is 0.500. The number of rotatable bonds is 8. The van der Waals surface area contributed by atoms with Crippen molar-refractivity contribution in [3.05, 3.63) is 65.5 Å². The zero-order chi connectivity index (χ0) is 31.1. The number of ether oxygens (including phenoxy) is 2. The molecule has 3 amide bonds. The number of carbonyl (C=O) groups is 2. The highest BCUT2D eigenvalue weighted by Gasteiger charge is 2.50. The molecule has 0 radical (unpaired) electrons. The van der Waals surface area contributed by atoms with Crippen molar-refractivity contribution < 1.29 is 45.4 Å². The molecule has 2 N–H and O–H groups in total. The Balaban J connectivity index is 1.26. The third kappa shape index (κ3) is 6.44. The van der Waals surface area contributed by atoms with Crippen LogP contribution in [-0.2, 0) is 16.1 Å². The van der Waals surface area contributed by atoms with Crippen LogP contribution in [0.4, 0.5) is 31.5 Å². The van der Waals surface area contributed by atoms with E-state index in [9.17, 15) is 31.5 Å². The first-order chi connectivity index (χ1) is 21.0. The number of fused-ring (bicyclic) bond motifs is 1. The van der Waals surface area contributed by atoms with Gasteiger partial charge in [-0.25, -0.2) is 23.4 Å². The number of nitrogens with one attached hydrogen (secondary N) is 2. The molecule has 2 aromatic carbocycles. The Morgan fingerprint density at radius 3 is 2.48 bits per heavy atom. The maximum Gasteiger partial charge on any atom is 0.410 e. The number of nitrogens with zero attached hydrogens (tertiary/aromatic N) is 2. The molecule has 1 aliphatic carbocycles. The van der Waals surface area contributed by atoms with Gasteiger partial charge in [0.15, 0.2) is 5.58 Å². The van der Waals surface area contributed by atoms with Crippen LogP contribution in [0.25, 0.3) is 11.1 Å².